The highest BCUT2D eigenvalue weighted by atomic mass is 32.1. The normalized spacial score (nSPS) is 16.3. The van der Waals surface area contributed by atoms with E-state index in [0.29, 0.717) is 6.54 Å². The number of hydrogen-bond acceptors (Lipinski definition) is 6. The van der Waals surface area contributed by atoms with Gasteiger partial charge in [-0.15, -0.1) is 11.3 Å². The van der Waals surface area contributed by atoms with Crippen molar-refractivity contribution in [3.05, 3.63) is 76.7 Å². The van der Waals surface area contributed by atoms with Crippen LogP contribution in [0.3, 0.4) is 0 Å². The largest absolute Gasteiger partial charge is 0.339 e. The summed E-state index contributed by atoms with van der Waals surface area (Å²) in [6.45, 7) is 5.50. The van der Waals surface area contributed by atoms with E-state index in [4.69, 9.17) is 4.98 Å². The van der Waals surface area contributed by atoms with E-state index in [-0.39, 0.29) is 11.8 Å². The summed E-state index contributed by atoms with van der Waals surface area (Å²) in [5, 5.41) is 4.34. The van der Waals surface area contributed by atoms with Crippen LogP contribution >= 0.6 is 11.3 Å². The molecule has 6 nitrogen and oxygen atoms in total. The van der Waals surface area contributed by atoms with Crippen LogP contribution in [-0.2, 0) is 0 Å². The molecular formula is C25H25N5OS. The summed E-state index contributed by atoms with van der Waals surface area (Å²) in [6, 6.07) is 13.9. The Morgan fingerprint density at radius 1 is 1.16 bits per heavy atom. The van der Waals surface area contributed by atoms with Crippen LogP contribution in [0.4, 0.5) is 11.5 Å². The number of rotatable bonds is 4. The van der Waals surface area contributed by atoms with E-state index in [0.717, 1.165) is 62.9 Å². The number of hydrogen-bond donors (Lipinski definition) is 1. The molecule has 162 valence electrons. The summed E-state index contributed by atoms with van der Waals surface area (Å²) in [5.41, 5.74) is 4.72. The molecule has 0 bridgehead atoms. The van der Waals surface area contributed by atoms with Crippen LogP contribution in [0.25, 0.3) is 10.2 Å². The van der Waals surface area contributed by atoms with Gasteiger partial charge in [-0.1, -0.05) is 6.07 Å². The van der Waals surface area contributed by atoms with Crippen LogP contribution in [0.15, 0.2) is 54.9 Å². The molecule has 4 aromatic rings. The smallest absolute Gasteiger partial charge is 0.253 e. The topological polar surface area (TPSA) is 71.0 Å². The molecule has 1 saturated heterocycles. The van der Waals surface area contributed by atoms with Crippen molar-refractivity contribution in [2.24, 2.45) is 0 Å². The zero-order valence-electron chi connectivity index (χ0n) is 18.2. The van der Waals surface area contributed by atoms with Gasteiger partial charge in [0.1, 0.15) is 5.82 Å². The van der Waals surface area contributed by atoms with Gasteiger partial charge in [-0.2, -0.15) is 0 Å². The maximum Gasteiger partial charge on any atom is 0.253 e. The van der Waals surface area contributed by atoms with Gasteiger partial charge in [0.2, 0.25) is 0 Å². The first-order valence-electron chi connectivity index (χ1n) is 10.9. The van der Waals surface area contributed by atoms with Crippen LogP contribution < -0.4 is 5.32 Å². The van der Waals surface area contributed by atoms with Gasteiger partial charge in [-0.05, 0) is 68.7 Å². The van der Waals surface area contributed by atoms with E-state index in [1.807, 2.05) is 61.3 Å². The number of fused-ring (bicyclic) bond motifs is 1. The number of thiazole rings is 1. The molecule has 0 saturated carbocycles. The number of aromatic nitrogens is 3. The summed E-state index contributed by atoms with van der Waals surface area (Å²) in [5.74, 6) is 1.17. The van der Waals surface area contributed by atoms with E-state index in [1.165, 1.54) is 0 Å². The van der Waals surface area contributed by atoms with Crippen LogP contribution in [0.2, 0.25) is 0 Å². The molecular weight excluding hydrogens is 418 g/mol. The van der Waals surface area contributed by atoms with Crippen molar-refractivity contribution < 1.29 is 4.79 Å². The Kier molecular flexibility index (Phi) is 5.57. The Morgan fingerprint density at radius 2 is 2.06 bits per heavy atom. The zero-order valence-corrected chi connectivity index (χ0v) is 19.0. The van der Waals surface area contributed by atoms with Crippen LogP contribution in [0.5, 0.6) is 0 Å². The molecule has 4 heterocycles. The maximum atomic E-state index is 13.2. The highest BCUT2D eigenvalue weighted by Gasteiger charge is 2.26. The number of amides is 1. The average Bonchev–Trinajstić information content (AvgIpc) is 3.20. The summed E-state index contributed by atoms with van der Waals surface area (Å²) in [7, 11) is 0. The standard InChI is InChI=1S/C25H25N5OS/c1-16-5-3-11-26-24(16)29-20-8-10-21(27-14-20)19-6-4-12-30(15-19)25(31)18-7-9-22-23(13-18)32-17(2)28-22/h3,5,7-11,13-14,19H,4,6,12,15H2,1-2H3,(H,26,29)/t19-/m1/s1. The van der Waals surface area contributed by atoms with Crippen LogP contribution in [-0.4, -0.2) is 38.8 Å². The molecule has 3 aromatic heterocycles. The number of aryl methyl sites for hydroxylation is 2. The van der Waals surface area contributed by atoms with Gasteiger partial charge in [0.15, 0.2) is 0 Å². The second-order valence-electron chi connectivity index (χ2n) is 8.27. The van der Waals surface area contributed by atoms with E-state index in [1.54, 1.807) is 17.5 Å². The molecule has 0 unspecified atom stereocenters. The zero-order chi connectivity index (χ0) is 22.1. The third kappa shape index (κ3) is 4.21. The number of benzene rings is 1. The number of likely N-dealkylation sites (tertiary alicyclic amines) is 1. The van der Waals surface area contributed by atoms with Crippen molar-refractivity contribution in [2.75, 3.05) is 18.4 Å². The first kappa shape index (κ1) is 20.6. The molecule has 1 amide bonds. The second-order valence-corrected chi connectivity index (χ2v) is 9.51. The van der Waals surface area contributed by atoms with Gasteiger partial charge in [0, 0.05) is 36.5 Å². The predicted octanol–water partition coefficient (Wildman–Crippen LogP) is 5.47. The molecule has 1 aliphatic rings. The van der Waals surface area contributed by atoms with Gasteiger partial charge in [-0.25, -0.2) is 9.97 Å². The average molecular weight is 444 g/mol. The van der Waals surface area contributed by atoms with Gasteiger partial charge in [-0.3, -0.25) is 9.78 Å². The molecule has 0 aliphatic carbocycles. The number of piperidine rings is 1. The van der Waals surface area contributed by atoms with E-state index in [9.17, 15) is 4.79 Å². The fourth-order valence-electron chi connectivity index (χ4n) is 4.23. The van der Waals surface area contributed by atoms with E-state index in [2.05, 4.69) is 21.4 Å². The van der Waals surface area contributed by atoms with Crippen LogP contribution in [0, 0.1) is 13.8 Å². The Hall–Kier alpha value is -3.32. The second kappa shape index (κ2) is 8.67. The number of pyridine rings is 2. The van der Waals surface area contributed by atoms with Gasteiger partial charge in [0.05, 0.1) is 27.1 Å². The number of anilines is 2. The number of nitrogens with one attached hydrogen (secondary N) is 1. The lowest BCUT2D eigenvalue weighted by Gasteiger charge is -2.32. The first-order chi connectivity index (χ1) is 15.6. The van der Waals surface area contributed by atoms with Crippen molar-refractivity contribution in [2.45, 2.75) is 32.6 Å². The Balaban J connectivity index is 1.28. The molecule has 5 rings (SSSR count). The summed E-state index contributed by atoms with van der Waals surface area (Å²) in [4.78, 5) is 28.7. The molecule has 1 fully saturated rings. The maximum absolute atomic E-state index is 13.2. The Labute approximate surface area is 191 Å². The highest BCUT2D eigenvalue weighted by molar-refractivity contribution is 7.18. The monoisotopic (exact) mass is 443 g/mol. The molecule has 1 atom stereocenters. The lowest BCUT2D eigenvalue weighted by atomic mass is 9.93. The summed E-state index contributed by atoms with van der Waals surface area (Å²) in [6.07, 6.45) is 5.64. The number of carbonyl (C=O) groups excluding carboxylic acids is 1. The minimum atomic E-state index is 0.0894. The number of nitrogens with zero attached hydrogens (tertiary/aromatic N) is 4. The summed E-state index contributed by atoms with van der Waals surface area (Å²) < 4.78 is 1.06. The van der Waals surface area contributed by atoms with Crippen molar-refractivity contribution in [1.29, 1.82) is 0 Å². The fraction of sp³-hybridized carbons (Fsp3) is 0.280. The molecule has 1 aliphatic heterocycles. The van der Waals surface area contributed by atoms with Crippen molar-refractivity contribution >= 4 is 39.0 Å². The van der Waals surface area contributed by atoms with Crippen molar-refractivity contribution in [1.82, 2.24) is 19.9 Å². The van der Waals surface area contributed by atoms with Crippen molar-refractivity contribution in [3.63, 3.8) is 0 Å². The van der Waals surface area contributed by atoms with Crippen LogP contribution in [0.1, 0.15) is 45.4 Å². The van der Waals surface area contributed by atoms with Gasteiger partial charge in [0.25, 0.3) is 5.91 Å². The van der Waals surface area contributed by atoms with Crippen molar-refractivity contribution in [3.8, 4) is 0 Å². The first-order valence-corrected chi connectivity index (χ1v) is 11.7. The minimum absolute atomic E-state index is 0.0894. The molecule has 1 aromatic carbocycles. The minimum Gasteiger partial charge on any atom is -0.339 e. The lowest BCUT2D eigenvalue weighted by molar-refractivity contribution is 0.0706. The van der Waals surface area contributed by atoms with E-state index >= 15 is 0 Å². The lowest BCUT2D eigenvalue weighted by Crippen LogP contribution is -2.39. The highest BCUT2D eigenvalue weighted by Crippen LogP contribution is 2.29. The SMILES string of the molecule is Cc1nc2ccc(C(=O)N3CCC[C@@H](c4ccc(Nc5ncccc5C)cn4)C3)cc2s1. The molecule has 7 heteroatoms. The molecule has 32 heavy (non-hydrogen) atoms. The summed E-state index contributed by atoms with van der Waals surface area (Å²) >= 11 is 1.63. The third-order valence-corrected chi connectivity index (χ3v) is 6.86. The molecule has 0 radical (unpaired) electrons. The van der Waals surface area contributed by atoms with Gasteiger partial charge < -0.3 is 10.2 Å². The van der Waals surface area contributed by atoms with Gasteiger partial charge >= 0.3 is 0 Å². The molecule has 1 N–H and O–H groups in total. The quantitative estimate of drug-likeness (QED) is 0.453. The predicted molar refractivity (Wildman–Crippen MR) is 129 cm³/mol. The third-order valence-electron chi connectivity index (χ3n) is 5.93. The fourth-order valence-corrected chi connectivity index (χ4v) is 5.10. The Bertz CT molecular complexity index is 1270. The van der Waals surface area contributed by atoms with E-state index < -0.39 is 0 Å². The Morgan fingerprint density at radius 3 is 2.88 bits per heavy atom. The number of carbonyl (C=O) groups is 1. The molecule has 0 spiro atoms.